The van der Waals surface area contributed by atoms with Crippen molar-refractivity contribution in [2.45, 2.75) is 32.0 Å². The molecule has 0 aliphatic carbocycles. The fourth-order valence-corrected chi connectivity index (χ4v) is 1.85. The van der Waals surface area contributed by atoms with Crippen molar-refractivity contribution in [1.82, 2.24) is 9.80 Å². The van der Waals surface area contributed by atoms with Crippen molar-refractivity contribution in [2.75, 3.05) is 26.2 Å². The van der Waals surface area contributed by atoms with Crippen LogP contribution in [0.3, 0.4) is 0 Å². The summed E-state index contributed by atoms with van der Waals surface area (Å²) >= 11 is 0. The molecule has 5 nitrogen and oxygen atoms in total. The van der Waals surface area contributed by atoms with E-state index >= 15 is 0 Å². The Morgan fingerprint density at radius 3 is 1.84 bits per heavy atom. The van der Waals surface area contributed by atoms with Gasteiger partial charge >= 0.3 is 6.18 Å². The van der Waals surface area contributed by atoms with Gasteiger partial charge in [0.1, 0.15) is 6.42 Å². The predicted molar refractivity (Wildman–Crippen MR) is 62.1 cm³/mol. The fraction of sp³-hybridized carbons (Fsp3) is 0.818. The van der Waals surface area contributed by atoms with E-state index < -0.39 is 24.0 Å². The molecule has 0 aromatic rings. The van der Waals surface area contributed by atoms with Crippen LogP contribution < -0.4 is 5.73 Å². The molecule has 19 heavy (non-hydrogen) atoms. The van der Waals surface area contributed by atoms with Gasteiger partial charge in [0.25, 0.3) is 0 Å². The van der Waals surface area contributed by atoms with Crippen molar-refractivity contribution in [3.8, 4) is 0 Å². The molecule has 2 N–H and O–H groups in total. The van der Waals surface area contributed by atoms with E-state index in [0.29, 0.717) is 0 Å². The van der Waals surface area contributed by atoms with Gasteiger partial charge in [0.05, 0.1) is 5.54 Å². The number of hydrogen-bond donors (Lipinski definition) is 1. The van der Waals surface area contributed by atoms with Crippen LogP contribution in [0, 0.1) is 0 Å². The second-order valence-electron chi connectivity index (χ2n) is 5.19. The minimum atomic E-state index is -4.50. The molecule has 0 bridgehead atoms. The third kappa shape index (κ3) is 4.70. The van der Waals surface area contributed by atoms with Crippen LogP contribution in [0.25, 0.3) is 0 Å². The van der Waals surface area contributed by atoms with Crippen LogP contribution >= 0.6 is 0 Å². The fourth-order valence-electron chi connectivity index (χ4n) is 1.85. The van der Waals surface area contributed by atoms with E-state index in [4.69, 9.17) is 5.73 Å². The Labute approximate surface area is 109 Å². The summed E-state index contributed by atoms with van der Waals surface area (Å²) in [5.74, 6) is -1.22. The number of alkyl halides is 3. The average Bonchev–Trinajstić information content (AvgIpc) is 2.24. The summed E-state index contributed by atoms with van der Waals surface area (Å²) in [5, 5.41) is 0. The summed E-state index contributed by atoms with van der Waals surface area (Å²) in [6.45, 7) is 3.77. The number of carbonyl (C=O) groups is 2. The van der Waals surface area contributed by atoms with Crippen molar-refractivity contribution in [2.24, 2.45) is 5.73 Å². The summed E-state index contributed by atoms with van der Waals surface area (Å²) in [5.41, 5.74) is 4.65. The number of hydrogen-bond acceptors (Lipinski definition) is 3. The molecule has 110 valence electrons. The lowest BCUT2D eigenvalue weighted by Crippen LogP contribution is -2.57. The molecule has 1 rings (SSSR count). The number of rotatable bonds is 2. The first-order valence-corrected chi connectivity index (χ1v) is 5.93. The molecule has 0 aromatic carbocycles. The van der Waals surface area contributed by atoms with Crippen LogP contribution in [0.15, 0.2) is 0 Å². The molecule has 1 fully saturated rings. The first-order chi connectivity index (χ1) is 8.50. The largest absolute Gasteiger partial charge is 0.397 e. The minimum Gasteiger partial charge on any atom is -0.339 e. The van der Waals surface area contributed by atoms with Crippen molar-refractivity contribution in [3.63, 3.8) is 0 Å². The average molecular weight is 281 g/mol. The summed E-state index contributed by atoms with van der Waals surface area (Å²) in [7, 11) is 0. The number of amides is 2. The lowest BCUT2D eigenvalue weighted by Gasteiger charge is -2.37. The van der Waals surface area contributed by atoms with Crippen molar-refractivity contribution in [3.05, 3.63) is 0 Å². The van der Waals surface area contributed by atoms with Crippen LogP contribution in [0.1, 0.15) is 20.3 Å². The molecule has 0 atom stereocenters. The number of nitrogens with two attached hydrogens (primary N) is 1. The minimum absolute atomic E-state index is 0.108. The van der Waals surface area contributed by atoms with Gasteiger partial charge in [-0.15, -0.1) is 0 Å². The molecular weight excluding hydrogens is 263 g/mol. The molecule has 2 amide bonds. The maximum Gasteiger partial charge on any atom is 0.397 e. The second kappa shape index (κ2) is 5.36. The van der Waals surface area contributed by atoms with E-state index in [0.717, 1.165) is 4.90 Å². The lowest BCUT2D eigenvalue weighted by molar-refractivity contribution is -0.163. The first-order valence-electron chi connectivity index (χ1n) is 5.93. The molecular formula is C11H18F3N3O2. The topological polar surface area (TPSA) is 66.6 Å². The van der Waals surface area contributed by atoms with Crippen molar-refractivity contribution >= 4 is 11.8 Å². The molecule has 0 aromatic heterocycles. The van der Waals surface area contributed by atoms with Crippen LogP contribution in [0.2, 0.25) is 0 Å². The quantitative estimate of drug-likeness (QED) is 0.794. The smallest absolute Gasteiger partial charge is 0.339 e. The van der Waals surface area contributed by atoms with E-state index in [1.54, 1.807) is 13.8 Å². The normalized spacial score (nSPS) is 17.6. The van der Waals surface area contributed by atoms with Gasteiger partial charge in [-0.2, -0.15) is 13.2 Å². The van der Waals surface area contributed by atoms with Gasteiger partial charge in [-0.1, -0.05) is 0 Å². The van der Waals surface area contributed by atoms with E-state index in [-0.39, 0.29) is 32.1 Å². The number of nitrogens with zero attached hydrogens (tertiary/aromatic N) is 2. The Balaban J connectivity index is 2.50. The highest BCUT2D eigenvalue weighted by Crippen LogP contribution is 2.21. The Bertz CT molecular complexity index is 355. The van der Waals surface area contributed by atoms with Gasteiger partial charge in [0.15, 0.2) is 0 Å². The molecule has 1 heterocycles. The van der Waals surface area contributed by atoms with Crippen LogP contribution in [0.5, 0.6) is 0 Å². The first kappa shape index (κ1) is 15.7. The highest BCUT2D eigenvalue weighted by atomic mass is 19.4. The maximum atomic E-state index is 12.1. The van der Waals surface area contributed by atoms with Crippen LogP contribution in [-0.2, 0) is 9.59 Å². The Kier molecular flexibility index (Phi) is 4.44. The number of carbonyl (C=O) groups excluding carboxylic acids is 2. The van der Waals surface area contributed by atoms with E-state index in [9.17, 15) is 22.8 Å². The molecule has 0 unspecified atom stereocenters. The van der Waals surface area contributed by atoms with Gasteiger partial charge in [-0.25, -0.2) is 0 Å². The molecule has 8 heteroatoms. The summed E-state index contributed by atoms with van der Waals surface area (Å²) in [6.07, 6.45) is -5.95. The van der Waals surface area contributed by atoms with Crippen LogP contribution in [-0.4, -0.2) is 59.5 Å². The maximum absolute atomic E-state index is 12.1. The monoisotopic (exact) mass is 281 g/mol. The van der Waals surface area contributed by atoms with E-state index in [1.807, 2.05) is 0 Å². The standard InChI is InChI=1S/C11H18F3N3O2/c1-10(2,15)9(19)17-5-3-16(4-6-17)8(18)7-11(12,13)14/h3-7,15H2,1-2H3. The molecule has 0 saturated carbocycles. The Morgan fingerprint density at radius 1 is 1.05 bits per heavy atom. The van der Waals surface area contributed by atoms with Gasteiger partial charge in [0, 0.05) is 26.2 Å². The summed E-state index contributed by atoms with van der Waals surface area (Å²) in [4.78, 5) is 25.8. The zero-order valence-electron chi connectivity index (χ0n) is 11.0. The zero-order chi connectivity index (χ0) is 14.8. The Morgan fingerprint density at radius 2 is 1.47 bits per heavy atom. The van der Waals surface area contributed by atoms with E-state index in [1.165, 1.54) is 4.90 Å². The molecule has 0 radical (unpaired) electrons. The van der Waals surface area contributed by atoms with Gasteiger partial charge < -0.3 is 15.5 Å². The zero-order valence-corrected chi connectivity index (χ0v) is 11.0. The Hall–Kier alpha value is -1.31. The van der Waals surface area contributed by atoms with Crippen molar-refractivity contribution < 1.29 is 22.8 Å². The van der Waals surface area contributed by atoms with Crippen LogP contribution in [0.4, 0.5) is 13.2 Å². The molecule has 1 aliphatic rings. The highest BCUT2D eigenvalue weighted by molar-refractivity contribution is 5.85. The van der Waals surface area contributed by atoms with Gasteiger partial charge in [-0.05, 0) is 13.8 Å². The third-order valence-electron chi connectivity index (χ3n) is 2.82. The second-order valence-corrected chi connectivity index (χ2v) is 5.19. The third-order valence-corrected chi connectivity index (χ3v) is 2.82. The van der Waals surface area contributed by atoms with E-state index in [2.05, 4.69) is 0 Å². The van der Waals surface area contributed by atoms with Gasteiger partial charge in [0.2, 0.25) is 11.8 Å². The summed E-state index contributed by atoms with van der Waals surface area (Å²) in [6, 6.07) is 0. The SMILES string of the molecule is CC(C)(N)C(=O)N1CCN(C(=O)CC(F)(F)F)CC1. The lowest BCUT2D eigenvalue weighted by atomic mass is 10.0. The molecule has 1 saturated heterocycles. The number of halogens is 3. The highest BCUT2D eigenvalue weighted by Gasteiger charge is 2.36. The van der Waals surface area contributed by atoms with Gasteiger partial charge in [-0.3, -0.25) is 9.59 Å². The molecule has 0 spiro atoms. The predicted octanol–water partition coefficient (Wildman–Crippen LogP) is 0.347. The number of piperazine rings is 1. The summed E-state index contributed by atoms with van der Waals surface area (Å²) < 4.78 is 36.3. The molecule has 1 aliphatic heterocycles. The van der Waals surface area contributed by atoms with Crippen molar-refractivity contribution in [1.29, 1.82) is 0 Å².